The molecule has 4 aliphatic rings. The van der Waals surface area contributed by atoms with E-state index >= 15 is 0 Å². The number of nitrogens with two attached hydrogens (primary N) is 2. The lowest BCUT2D eigenvalue weighted by atomic mass is 9.84. The number of nitro benzene ring substituents is 3. The zero-order chi connectivity index (χ0) is 103. The van der Waals surface area contributed by atoms with Crippen LogP contribution in [0.4, 0.5) is 28.7 Å². The number of aliphatic hydroxyl groups is 5. The van der Waals surface area contributed by atoms with Crippen LogP contribution < -0.4 is 11.5 Å². The average molecular weight is 2100 g/mol. The molecule has 4 saturated heterocycles. The van der Waals surface area contributed by atoms with Gasteiger partial charge in [0.2, 0.25) is 0 Å². The van der Waals surface area contributed by atoms with E-state index in [1.165, 1.54) is 48.1 Å². The molecule has 15 rings (SSSR count). The number of nitrogens with zero attached hydrogens (tertiary/aromatic N) is 15. The molecule has 768 valence electrons. The second-order valence-corrected chi connectivity index (χ2v) is 49.0. The fraction of sp³-hybridized carbons (Fsp3) is 0.523. The lowest BCUT2D eigenvalue weighted by Gasteiger charge is -2.39. The highest BCUT2D eigenvalue weighted by Gasteiger charge is 2.48. The quantitative estimate of drug-likeness (QED) is 0.00466. The van der Waals surface area contributed by atoms with Crippen LogP contribution in [0.5, 0.6) is 0 Å². The van der Waals surface area contributed by atoms with Gasteiger partial charge in [0.15, 0.2) is 8.32 Å². The number of fused-ring (bicyclic) bond motifs is 4. The number of halogens is 3. The van der Waals surface area contributed by atoms with Crippen LogP contribution in [0.2, 0.25) is 28.4 Å². The van der Waals surface area contributed by atoms with Crippen LogP contribution in [0.25, 0.3) is 44.1 Å². The van der Waals surface area contributed by atoms with E-state index in [1.54, 1.807) is 82.3 Å². The van der Waals surface area contributed by atoms with Gasteiger partial charge in [-0.2, -0.15) is 8.62 Å². The van der Waals surface area contributed by atoms with E-state index in [2.05, 4.69) is 93.8 Å². The van der Waals surface area contributed by atoms with Gasteiger partial charge in [0.25, 0.3) is 17.1 Å². The summed E-state index contributed by atoms with van der Waals surface area (Å²) in [6, 6.07) is 19.3. The number of ether oxygens (including phenoxy) is 7. The molecule has 46 nitrogen and oxygen atoms in total. The van der Waals surface area contributed by atoms with Crippen LogP contribution in [0.15, 0.2) is 123 Å². The Kier molecular flexibility index (Phi) is 35.2. The van der Waals surface area contributed by atoms with Crippen molar-refractivity contribution in [1.82, 2.24) is 58.1 Å². The largest absolute Gasteiger partial charge is 0.490 e. The molecule has 0 bridgehead atoms. The number of anilines is 2. The maximum Gasteiger partial charge on any atom is 0.490 e. The molecule has 4 aliphatic heterocycles. The Bertz CT molecular complexity index is 6270. The van der Waals surface area contributed by atoms with Gasteiger partial charge in [-0.15, -0.1) is 11.6 Å². The Hall–Kier alpha value is -9.08. The lowest BCUT2D eigenvalue weighted by Crippen LogP contribution is -2.45. The molecule has 4 fully saturated rings. The third-order valence-electron chi connectivity index (χ3n) is 24.6. The van der Waals surface area contributed by atoms with Crippen molar-refractivity contribution in [3.8, 4) is 0 Å². The Balaban J connectivity index is 0.000000171. The van der Waals surface area contributed by atoms with E-state index in [0.29, 0.717) is 71.9 Å². The van der Waals surface area contributed by atoms with Crippen LogP contribution in [0, 0.1) is 46.6 Å². The summed E-state index contributed by atoms with van der Waals surface area (Å²) >= 11 is 18.8. The third kappa shape index (κ3) is 26.1. The summed E-state index contributed by atoms with van der Waals surface area (Å²) in [5.74, 6) is 0.699. The number of phosphoric acid groups is 3. The highest BCUT2D eigenvalue weighted by molar-refractivity contribution is 7.66. The second kappa shape index (κ2) is 44.9. The standard InChI is InChI=1S/C23H27ClN4O6.C23H32N5O15P3.C23H29N5O6.C19H29Cl2N3O2Si/c1-23(2,3)20(14-6-4-5-7-15(14)28(31)32)33-11-13-9-27(18-8-16(30)17(10-29)34-18)22-19(13)21(24)25-12-26-22;1-23(2,3)20(14-6-4-5-7-15(14)28(30)31)39-10-13-9-27(22-19(13)21(24)25-12-26-22)18-8-16(29)17(41-18)11-40-45(35,36)43-46(37,38)42-44(32,33)34;1-23(2,3)20(14-6-4-5-7-15(14)28(31)32)33-11-13-9-27(18-8-16(30)17(10-29)34-18)22-19(13)21(24)25-12-26-22;1-7-13-14(26-27(5,6)19(2,3)4)8-15(25-13)24-10-12(9-20)16-17(21)22-11-23-18(16)24/h4-7,9,12,16-18,20,29-30H,8,10-11H2,1-3H3;4-7,9,12,16-18,20,29H,8,10-11H2,1-3H3,(H,35,36)(H,37,38)(H2,24,25,26)(H2,32,33,34);4-7,9,12,16-18,20,29-30H,8,10-11H2,1-3H3,(H2,24,25,26);10-11,13-15H,7-9H2,1-6H3/t3*16?,17-,18-,20-;13-,14?,15-/m1111/s1. The number of benzene rings is 3. The number of phosphoric ester groups is 1. The number of para-hydroxylation sites is 3. The van der Waals surface area contributed by atoms with Crippen molar-refractivity contribution in [2.75, 3.05) is 31.3 Å². The van der Waals surface area contributed by atoms with Crippen LogP contribution >= 0.6 is 58.3 Å². The first-order valence-electron chi connectivity index (χ1n) is 44.6. The number of nitrogen functional groups attached to an aromatic ring is 2. The van der Waals surface area contributed by atoms with Gasteiger partial charge in [0.05, 0.1) is 141 Å². The van der Waals surface area contributed by atoms with Crippen molar-refractivity contribution >= 4 is 139 Å². The minimum atomic E-state index is -5.73. The molecule has 6 unspecified atom stereocenters. The summed E-state index contributed by atoms with van der Waals surface area (Å²) in [6.45, 7) is 29.5. The number of nitro groups is 3. The first kappa shape index (κ1) is 111. The summed E-state index contributed by atoms with van der Waals surface area (Å²) in [6.07, 6.45) is 5.09. The molecular formula is C88H117Cl3N17O29P3Si. The Morgan fingerprint density at radius 1 is 0.475 bits per heavy atom. The smallest absolute Gasteiger partial charge is 0.411 e. The van der Waals surface area contributed by atoms with Crippen LogP contribution in [-0.2, 0) is 90.1 Å². The molecule has 0 radical (unpaired) electrons. The zero-order valence-corrected chi connectivity index (χ0v) is 85.7. The molecule has 0 spiro atoms. The summed E-state index contributed by atoms with van der Waals surface area (Å²) < 4.78 is 103. The normalized spacial score (nSPS) is 22.4. The Labute approximate surface area is 825 Å². The maximum atomic E-state index is 12.1. The van der Waals surface area contributed by atoms with Gasteiger partial charge in [0, 0.05) is 91.2 Å². The highest BCUT2D eigenvalue weighted by atomic mass is 35.5. The van der Waals surface area contributed by atoms with E-state index in [4.69, 9.17) is 93.6 Å². The summed E-state index contributed by atoms with van der Waals surface area (Å²) in [4.78, 5) is 104. The van der Waals surface area contributed by atoms with Gasteiger partial charge in [-0.05, 0) is 64.6 Å². The van der Waals surface area contributed by atoms with Crippen LogP contribution in [0.3, 0.4) is 0 Å². The third-order valence-corrected chi connectivity index (χ3v) is 33.7. The topological polar surface area (TPSA) is 639 Å². The van der Waals surface area contributed by atoms with E-state index in [-0.39, 0.29) is 115 Å². The van der Waals surface area contributed by atoms with Gasteiger partial charge >= 0.3 is 23.5 Å². The van der Waals surface area contributed by atoms with E-state index in [0.717, 1.165) is 29.4 Å². The van der Waals surface area contributed by atoms with Gasteiger partial charge < -0.3 is 112 Å². The van der Waals surface area contributed by atoms with Crippen molar-refractivity contribution in [1.29, 1.82) is 0 Å². The predicted molar refractivity (Wildman–Crippen MR) is 517 cm³/mol. The van der Waals surface area contributed by atoms with E-state index < -0.39 is 143 Å². The molecule has 17 atom stereocenters. The van der Waals surface area contributed by atoms with Crippen molar-refractivity contribution in [2.45, 2.75) is 258 Å². The minimum Gasteiger partial charge on any atom is -0.411 e. The number of alkyl halides is 1. The second-order valence-electron chi connectivity index (χ2n) is 38.9. The highest BCUT2D eigenvalue weighted by Crippen LogP contribution is 2.67. The molecule has 12 heterocycles. The average Bonchev–Trinajstić information content (AvgIpc) is 1.62. The van der Waals surface area contributed by atoms with Crippen molar-refractivity contribution in [3.05, 3.63) is 202 Å². The van der Waals surface area contributed by atoms with Crippen molar-refractivity contribution in [2.24, 2.45) is 16.2 Å². The first-order chi connectivity index (χ1) is 66.0. The fourth-order valence-electron chi connectivity index (χ4n) is 17.0. The summed E-state index contributed by atoms with van der Waals surface area (Å²) in [5, 5.41) is 88.0. The number of rotatable bonds is 32. The molecule has 13 N–H and O–H groups in total. The van der Waals surface area contributed by atoms with Gasteiger partial charge in [-0.1, -0.05) is 150 Å². The van der Waals surface area contributed by atoms with Gasteiger partial charge in [0.1, 0.15) is 113 Å². The van der Waals surface area contributed by atoms with E-state index in [9.17, 15) is 79.4 Å². The van der Waals surface area contributed by atoms with E-state index in [1.807, 2.05) is 73.1 Å². The number of hydrogen-bond donors (Lipinski definition) is 11. The Morgan fingerprint density at radius 3 is 1.13 bits per heavy atom. The summed E-state index contributed by atoms with van der Waals surface area (Å²) in [5.41, 5.74) is 16.9. The SMILES string of the molecule is CC(C)(C)[C@H](OCc1cn([C@H]2CC(O)[C@@H](CO)O2)c2ncnc(Cl)c12)c1ccccc1[N+](=O)[O-].CC(C)(C)[C@H](OCc1cn([C@H]2CC(O)[C@@H](CO)O2)c2ncnc(N)c12)c1ccccc1[N+](=O)[O-].CC(C)(C)[C@H](OCc1cn([C@H]2CC(O)[C@@H](COP(=O)(O)OP(=O)(O)OP(=O)(O)O)O2)c2ncnc(N)c12)c1ccccc1[N+](=O)[O-].CC[C@H]1O[C@@H](n2cc(CCl)c3c(Cl)ncnc32)CC1O[Si](C)(C)C(C)(C)C. The predicted octanol–water partition coefficient (Wildman–Crippen LogP) is 15.9. The molecular weight excluding hydrogens is 1990 g/mol. The number of aromatic nitrogens is 12. The molecule has 53 heteroatoms. The molecule has 11 aromatic rings. The fourth-order valence-corrected chi connectivity index (χ4v) is 22.1. The summed E-state index contributed by atoms with van der Waals surface area (Å²) in [7, 11) is -18.6. The lowest BCUT2D eigenvalue weighted by molar-refractivity contribution is -0.386. The molecule has 0 saturated carbocycles. The van der Waals surface area contributed by atoms with Crippen molar-refractivity contribution in [3.63, 3.8) is 0 Å². The van der Waals surface area contributed by atoms with Crippen LogP contribution in [-0.4, -0.2) is 195 Å². The van der Waals surface area contributed by atoms with Gasteiger partial charge in [-0.3, -0.25) is 34.9 Å². The Morgan fingerprint density at radius 2 is 0.794 bits per heavy atom. The number of aliphatic hydroxyl groups excluding tert-OH is 5. The molecule has 8 aromatic heterocycles. The number of hydrogen-bond acceptors (Lipinski definition) is 35. The molecule has 0 amide bonds. The molecule has 141 heavy (non-hydrogen) atoms. The first-order valence-corrected chi connectivity index (χ1v) is 53.4. The minimum absolute atomic E-state index is 0.00362. The van der Waals surface area contributed by atoms with Crippen molar-refractivity contribution < 1.29 is 124 Å². The zero-order valence-electron chi connectivity index (χ0n) is 79.7. The molecule has 3 aromatic carbocycles. The van der Waals surface area contributed by atoms with Gasteiger partial charge in [-0.25, -0.2) is 53.6 Å². The monoisotopic (exact) mass is 2100 g/mol. The molecule has 0 aliphatic carbocycles. The van der Waals surface area contributed by atoms with Crippen LogP contribution in [0.1, 0.15) is 204 Å². The maximum absolute atomic E-state index is 12.1.